The summed E-state index contributed by atoms with van der Waals surface area (Å²) in [6.45, 7) is 8.72. The van der Waals surface area contributed by atoms with Crippen LogP contribution >= 0.6 is 0 Å². The summed E-state index contributed by atoms with van der Waals surface area (Å²) >= 11 is 0. The number of likely N-dealkylation sites (tertiary alicyclic amines) is 2. The molecule has 0 spiro atoms. The number of anilines is 1. The van der Waals surface area contributed by atoms with E-state index < -0.39 is 24.3 Å². The number of nitrogens with zero attached hydrogens (tertiary/aromatic N) is 6. The molecule has 4 amide bonds. The fraction of sp³-hybridized carbons (Fsp3) is 0.440. The number of aromatic amines is 2. The summed E-state index contributed by atoms with van der Waals surface area (Å²) in [4.78, 5) is 75.2. The average molecular weight is 884 g/mol. The maximum Gasteiger partial charge on any atom is 0.407 e. The van der Waals surface area contributed by atoms with E-state index in [0.717, 1.165) is 77.5 Å². The smallest absolute Gasteiger partial charge is 0.407 e. The number of amides is 4. The molecule has 65 heavy (non-hydrogen) atoms. The number of hydrogen-bond donors (Lipinski definition) is 4. The number of ether oxygens (including phenoxy) is 1. The highest BCUT2D eigenvalue weighted by molar-refractivity contribution is 5.87. The largest absolute Gasteiger partial charge is 0.465 e. The maximum atomic E-state index is 13.8. The lowest BCUT2D eigenvalue weighted by molar-refractivity contribution is -0.138. The Kier molecular flexibility index (Phi) is 13.3. The number of likely N-dealkylation sites (N-methyl/N-ethyl adjacent to an activating group) is 1. The Hall–Kier alpha value is -6.64. The number of alkyl carbamates (subject to hydrolysis) is 1. The predicted octanol–water partition coefficient (Wildman–Crippen LogP) is 8.89. The fourth-order valence-corrected chi connectivity index (χ4v) is 10.2. The summed E-state index contributed by atoms with van der Waals surface area (Å²) in [6, 6.07) is 26.2. The Morgan fingerprint density at radius 3 is 1.63 bits per heavy atom. The molecular formula is C50H61N9O6. The number of carbonyl (C=O) groups is 4. The molecular weight excluding hydrogens is 823 g/mol. The Balaban J connectivity index is 0.968. The second-order valence-electron chi connectivity index (χ2n) is 18.3. The summed E-state index contributed by atoms with van der Waals surface area (Å²) in [7, 11) is 2.76. The first-order valence-electron chi connectivity index (χ1n) is 22.9. The van der Waals surface area contributed by atoms with E-state index in [-0.39, 0.29) is 47.8 Å². The summed E-state index contributed by atoms with van der Waals surface area (Å²) in [5.74, 6) is 0.834. The minimum Gasteiger partial charge on any atom is -0.465 e. The minimum atomic E-state index is -1.12. The van der Waals surface area contributed by atoms with E-state index in [1.165, 1.54) is 25.3 Å². The van der Waals surface area contributed by atoms with E-state index >= 15 is 0 Å². The molecule has 4 N–H and O–H groups in total. The van der Waals surface area contributed by atoms with Crippen LogP contribution < -0.4 is 10.2 Å². The van der Waals surface area contributed by atoms with Crippen LogP contribution in [0.1, 0.15) is 113 Å². The van der Waals surface area contributed by atoms with Gasteiger partial charge in [0.2, 0.25) is 11.8 Å². The zero-order valence-electron chi connectivity index (χ0n) is 38.1. The fourth-order valence-electron chi connectivity index (χ4n) is 10.2. The molecule has 3 aliphatic rings. The number of nitrogens with one attached hydrogen (secondary N) is 3. The van der Waals surface area contributed by atoms with Crippen molar-refractivity contribution >= 4 is 29.7 Å². The molecule has 15 nitrogen and oxygen atoms in total. The van der Waals surface area contributed by atoms with Gasteiger partial charge in [-0.2, -0.15) is 0 Å². The van der Waals surface area contributed by atoms with E-state index in [9.17, 15) is 24.3 Å². The van der Waals surface area contributed by atoms with Crippen LogP contribution in [0.15, 0.2) is 91.3 Å². The molecule has 15 heteroatoms. The number of imidazole rings is 2. The molecule has 0 bridgehead atoms. The van der Waals surface area contributed by atoms with Crippen molar-refractivity contribution in [2.75, 3.05) is 32.1 Å². The van der Waals surface area contributed by atoms with Crippen molar-refractivity contribution in [3.05, 3.63) is 114 Å². The Labute approximate surface area is 380 Å². The molecule has 6 atom stereocenters. The van der Waals surface area contributed by atoms with Gasteiger partial charge in [0, 0.05) is 49.3 Å². The van der Waals surface area contributed by atoms with Gasteiger partial charge in [-0.3, -0.25) is 14.5 Å². The molecule has 5 heterocycles. The molecule has 0 radical (unpaired) electrons. The lowest BCUT2D eigenvalue weighted by Crippen LogP contribution is -2.51. The van der Waals surface area contributed by atoms with E-state index in [4.69, 9.17) is 14.7 Å². The third-order valence-electron chi connectivity index (χ3n) is 13.5. The molecule has 3 aliphatic heterocycles. The number of H-pyrrole nitrogens is 2. The average Bonchev–Trinajstić information content (AvgIpc) is 4.17. The molecule has 0 saturated carbocycles. The van der Waals surface area contributed by atoms with Crippen molar-refractivity contribution < 1.29 is 29.0 Å². The van der Waals surface area contributed by atoms with Crippen LogP contribution in [0.5, 0.6) is 0 Å². The number of benzene rings is 3. The first-order valence-corrected chi connectivity index (χ1v) is 22.9. The summed E-state index contributed by atoms with van der Waals surface area (Å²) in [6.07, 6.45) is 7.21. The molecule has 342 valence electrons. The SMILES string of the molecule is COC(=O)N[C@H](C(=O)N1CCC[C@H]1c1nc(-c2ccc([C@@H]3CC[C@H](c4ccc(-c5c[nH]c([C@@H]6CCCN6C(=O)[C@H](C(C)C)N(C)C(=O)O)n5)cc4)N3c3ccccc3)cc2)c[nH]1)C(C)C. The number of aromatic nitrogens is 4. The van der Waals surface area contributed by atoms with Gasteiger partial charge in [0.25, 0.3) is 0 Å². The van der Waals surface area contributed by atoms with Crippen LogP contribution in [0.2, 0.25) is 0 Å². The topological polar surface area (TPSA) is 180 Å². The van der Waals surface area contributed by atoms with Crippen LogP contribution in [-0.2, 0) is 14.3 Å². The highest BCUT2D eigenvalue weighted by Crippen LogP contribution is 2.47. The van der Waals surface area contributed by atoms with Gasteiger partial charge in [-0.1, -0.05) is 94.4 Å². The molecule has 0 unspecified atom stereocenters. The van der Waals surface area contributed by atoms with E-state index in [1.807, 2.05) is 51.1 Å². The van der Waals surface area contributed by atoms with Gasteiger partial charge in [0.15, 0.2) is 0 Å². The van der Waals surface area contributed by atoms with Crippen molar-refractivity contribution in [2.24, 2.45) is 11.8 Å². The monoisotopic (exact) mass is 883 g/mol. The molecule has 2 aromatic heterocycles. The minimum absolute atomic E-state index is 0.110. The van der Waals surface area contributed by atoms with Crippen LogP contribution in [0, 0.1) is 11.8 Å². The number of hydrogen-bond acceptors (Lipinski definition) is 8. The number of carboxylic acid groups (broad SMARTS) is 1. The summed E-state index contributed by atoms with van der Waals surface area (Å²) in [5, 5.41) is 12.4. The molecule has 3 fully saturated rings. The quantitative estimate of drug-likeness (QED) is 0.0898. The number of para-hydroxylation sites is 1. The molecule has 3 aromatic carbocycles. The second kappa shape index (κ2) is 19.2. The van der Waals surface area contributed by atoms with Gasteiger partial charge in [-0.05, 0) is 73.6 Å². The van der Waals surface area contributed by atoms with Crippen LogP contribution in [0.4, 0.5) is 15.3 Å². The van der Waals surface area contributed by atoms with Gasteiger partial charge in [-0.25, -0.2) is 19.6 Å². The first kappa shape index (κ1) is 44.9. The zero-order valence-corrected chi connectivity index (χ0v) is 38.1. The van der Waals surface area contributed by atoms with E-state index in [2.05, 4.69) is 93.0 Å². The second-order valence-corrected chi connectivity index (χ2v) is 18.3. The van der Waals surface area contributed by atoms with Crippen molar-refractivity contribution in [1.29, 1.82) is 0 Å². The van der Waals surface area contributed by atoms with E-state index in [0.29, 0.717) is 18.9 Å². The number of rotatable bonds is 13. The van der Waals surface area contributed by atoms with Gasteiger partial charge < -0.3 is 39.8 Å². The number of carbonyl (C=O) groups excluding carboxylic acids is 3. The zero-order chi connectivity index (χ0) is 45.9. The molecule has 8 rings (SSSR count). The van der Waals surface area contributed by atoms with Gasteiger partial charge >= 0.3 is 12.2 Å². The number of methoxy groups -OCH3 is 1. The third-order valence-corrected chi connectivity index (χ3v) is 13.5. The lowest BCUT2D eigenvalue weighted by atomic mass is 10.0. The van der Waals surface area contributed by atoms with Crippen molar-refractivity contribution in [2.45, 2.75) is 102 Å². The molecule has 3 saturated heterocycles. The van der Waals surface area contributed by atoms with Crippen LogP contribution in [0.3, 0.4) is 0 Å². The highest BCUT2D eigenvalue weighted by atomic mass is 16.5. The van der Waals surface area contributed by atoms with Crippen molar-refractivity contribution in [3.8, 4) is 22.5 Å². The first-order chi connectivity index (χ1) is 31.3. The van der Waals surface area contributed by atoms with Crippen LogP contribution in [-0.4, -0.2) is 103 Å². The van der Waals surface area contributed by atoms with Crippen molar-refractivity contribution in [1.82, 2.24) is 40.0 Å². The standard InChI is InChI=1S/C50H61N9O6/c1-30(2)43(55-49(62)65-6)47(60)57-26-10-14-41(57)45-51-28-37(53-45)32-16-20-34(21-17-32)39-24-25-40(59(39)36-12-8-7-9-13-36)35-22-18-33(19-23-35)38-29-52-46(54-38)42-15-11-27-58(42)48(61)44(31(3)4)56(5)50(63)64/h7-9,12-13,16-23,28-31,39-44H,10-11,14-15,24-27H2,1-6H3,(H,51,53)(H,52,54)(H,55,62)(H,63,64)/t39-,40+,41-,42-,43-,44-/m0/s1. The summed E-state index contributed by atoms with van der Waals surface area (Å²) < 4.78 is 4.79. The normalized spacial score (nSPS) is 20.6. The lowest BCUT2D eigenvalue weighted by Gasteiger charge is -2.33. The van der Waals surface area contributed by atoms with Gasteiger partial charge in [-0.15, -0.1) is 0 Å². The third kappa shape index (κ3) is 9.18. The Morgan fingerprint density at radius 2 is 1.18 bits per heavy atom. The predicted molar refractivity (Wildman–Crippen MR) is 248 cm³/mol. The summed E-state index contributed by atoms with van der Waals surface area (Å²) in [5.41, 5.74) is 7.15. The maximum absolute atomic E-state index is 13.8. The molecule has 0 aliphatic carbocycles. The molecule has 5 aromatic rings. The van der Waals surface area contributed by atoms with Crippen molar-refractivity contribution in [3.63, 3.8) is 0 Å². The van der Waals surface area contributed by atoms with Gasteiger partial charge in [0.05, 0.1) is 42.7 Å². The Bertz CT molecular complexity index is 2450. The van der Waals surface area contributed by atoms with Crippen LogP contribution in [0.25, 0.3) is 22.5 Å². The highest BCUT2D eigenvalue weighted by Gasteiger charge is 2.41. The van der Waals surface area contributed by atoms with Gasteiger partial charge in [0.1, 0.15) is 23.7 Å². The Morgan fingerprint density at radius 1 is 0.692 bits per heavy atom. The van der Waals surface area contributed by atoms with E-state index in [1.54, 1.807) is 4.90 Å².